The van der Waals surface area contributed by atoms with Crippen molar-refractivity contribution in [1.82, 2.24) is 9.55 Å². The third kappa shape index (κ3) is 1.25. The second-order valence-electron chi connectivity index (χ2n) is 2.65. The Balaban J connectivity index is 2.66. The molecule has 0 unspecified atom stereocenters. The summed E-state index contributed by atoms with van der Waals surface area (Å²) in [5.41, 5.74) is 1.38. The molecule has 2 rings (SSSR count). The smallest absolute Gasteiger partial charge is 0.293 e. The van der Waals surface area contributed by atoms with Gasteiger partial charge in [0, 0.05) is 6.07 Å². The second-order valence-corrected chi connectivity index (χ2v) is 2.65. The van der Waals surface area contributed by atoms with Gasteiger partial charge in [0.15, 0.2) is 0 Å². The molecule has 1 heterocycles. The Kier molecular flexibility index (Phi) is 1.71. The van der Waals surface area contributed by atoms with Crippen LogP contribution in [-0.2, 0) is 6.67 Å². The molecule has 1 aromatic heterocycles. The molecule has 3 nitrogen and oxygen atoms in total. The summed E-state index contributed by atoms with van der Waals surface area (Å²) in [6, 6.07) is 4.34. The van der Waals surface area contributed by atoms with Crippen LogP contribution in [0, 0.1) is 12.4 Å². The Morgan fingerprint density at radius 2 is 2.38 bits per heavy atom. The third-order valence-corrected chi connectivity index (χ3v) is 1.81. The molecule has 0 aliphatic carbocycles. The minimum atomic E-state index is -0.306. The summed E-state index contributed by atoms with van der Waals surface area (Å²) in [6.07, 6.45) is 1.54. The summed E-state index contributed by atoms with van der Waals surface area (Å²) in [5.74, 6) is -0.306. The number of halogens is 1. The highest BCUT2D eigenvalue weighted by atomic mass is 19.1. The van der Waals surface area contributed by atoms with Gasteiger partial charge < -0.3 is 0 Å². The molecule has 0 atom stereocenters. The number of rotatable bonds is 1. The fraction of sp³-hybridized carbons (Fsp3) is 0.111. The van der Waals surface area contributed by atoms with E-state index in [0.717, 1.165) is 0 Å². The maximum atomic E-state index is 12.8. The van der Waals surface area contributed by atoms with Gasteiger partial charge in [0.05, 0.1) is 11.0 Å². The van der Waals surface area contributed by atoms with Crippen molar-refractivity contribution in [3.8, 4) is 0 Å². The highest BCUT2D eigenvalue weighted by Crippen LogP contribution is 2.13. The molecule has 0 aliphatic heterocycles. The Morgan fingerprint density at radius 3 is 3.15 bits per heavy atom. The van der Waals surface area contributed by atoms with Crippen molar-refractivity contribution < 1.29 is 4.39 Å². The summed E-state index contributed by atoms with van der Waals surface area (Å²) >= 11 is 0. The van der Waals surface area contributed by atoms with Gasteiger partial charge in [0.25, 0.3) is 6.67 Å². The van der Waals surface area contributed by atoms with Crippen molar-refractivity contribution >= 4 is 11.0 Å². The van der Waals surface area contributed by atoms with Gasteiger partial charge in [-0.2, -0.15) is 0 Å². The normalized spacial score (nSPS) is 10.2. The van der Waals surface area contributed by atoms with Crippen LogP contribution in [0.5, 0.6) is 0 Å². The molecule has 0 fully saturated rings. The van der Waals surface area contributed by atoms with Crippen LogP contribution in [0.3, 0.4) is 0 Å². The van der Waals surface area contributed by atoms with Crippen LogP contribution in [0.1, 0.15) is 0 Å². The van der Waals surface area contributed by atoms with Gasteiger partial charge >= 0.3 is 0 Å². The number of hydrogen-bond acceptors (Lipinski definition) is 1. The second kappa shape index (κ2) is 2.87. The topological polar surface area (TPSA) is 22.2 Å². The monoisotopic (exact) mass is 175 g/mol. The van der Waals surface area contributed by atoms with Gasteiger partial charge in [-0.1, -0.05) is 0 Å². The fourth-order valence-electron chi connectivity index (χ4n) is 1.22. The summed E-state index contributed by atoms with van der Waals surface area (Å²) in [4.78, 5) is 7.24. The zero-order valence-corrected chi connectivity index (χ0v) is 6.74. The van der Waals surface area contributed by atoms with Crippen molar-refractivity contribution in [2.75, 3.05) is 0 Å². The molecule has 0 saturated carbocycles. The predicted octanol–water partition coefficient (Wildman–Crippen LogP) is 2.05. The average Bonchev–Trinajstić information content (AvgIpc) is 2.49. The molecule has 2 aromatic rings. The lowest BCUT2D eigenvalue weighted by molar-refractivity contribution is 0.628. The van der Waals surface area contributed by atoms with Gasteiger partial charge in [-0.25, -0.2) is 15.9 Å². The summed E-state index contributed by atoms with van der Waals surface area (Å²) in [6.45, 7) is 6.87. The molecule has 0 saturated heterocycles. The Hall–Kier alpha value is -1.89. The molecular formula is C9H6FN3. The van der Waals surface area contributed by atoms with Crippen molar-refractivity contribution in [3.05, 3.63) is 41.8 Å². The Morgan fingerprint density at radius 1 is 1.54 bits per heavy atom. The lowest BCUT2D eigenvalue weighted by atomic mass is 10.3. The van der Waals surface area contributed by atoms with Crippen LogP contribution in [0.4, 0.5) is 4.39 Å². The number of nitrogens with zero attached hydrogens (tertiary/aromatic N) is 3. The quantitative estimate of drug-likeness (QED) is 0.608. The van der Waals surface area contributed by atoms with E-state index in [1.807, 2.05) is 0 Å². The maximum Gasteiger partial charge on any atom is 0.294 e. The number of hydrogen-bond donors (Lipinski definition) is 0. The summed E-state index contributed by atoms with van der Waals surface area (Å²) in [7, 11) is 0. The van der Waals surface area contributed by atoms with Crippen LogP contribution in [0.2, 0.25) is 0 Å². The van der Waals surface area contributed by atoms with E-state index in [1.165, 1.54) is 12.1 Å². The van der Waals surface area contributed by atoms with Crippen LogP contribution in [0.15, 0.2) is 24.5 Å². The molecule has 0 N–H and O–H groups in total. The van der Waals surface area contributed by atoms with E-state index in [9.17, 15) is 4.39 Å². The van der Waals surface area contributed by atoms with Gasteiger partial charge in [-0.05, 0) is 12.1 Å². The number of benzene rings is 1. The number of aromatic nitrogens is 2. The first-order valence-electron chi connectivity index (χ1n) is 3.75. The van der Waals surface area contributed by atoms with E-state index in [1.54, 1.807) is 17.0 Å². The van der Waals surface area contributed by atoms with Gasteiger partial charge in [-0.15, -0.1) is 0 Å². The zero-order valence-electron chi connectivity index (χ0n) is 6.74. The standard InChI is InChI=1S/C9H6FN3/c1-11-5-13-6-12-8-3-2-7(10)4-9(8)13/h2-4,6H,5H2. The number of imidazole rings is 1. The van der Waals surface area contributed by atoms with E-state index < -0.39 is 0 Å². The fourth-order valence-corrected chi connectivity index (χ4v) is 1.22. The van der Waals surface area contributed by atoms with Crippen LogP contribution < -0.4 is 0 Å². The zero-order chi connectivity index (χ0) is 9.26. The highest BCUT2D eigenvalue weighted by molar-refractivity contribution is 5.75. The maximum absolute atomic E-state index is 12.8. The van der Waals surface area contributed by atoms with E-state index in [-0.39, 0.29) is 12.5 Å². The van der Waals surface area contributed by atoms with Gasteiger partial charge in [0.1, 0.15) is 12.1 Å². The van der Waals surface area contributed by atoms with Gasteiger partial charge in [0.2, 0.25) is 0 Å². The Labute approximate surface area is 74.2 Å². The molecule has 0 spiro atoms. The largest absolute Gasteiger partial charge is 0.294 e. The molecule has 0 radical (unpaired) electrons. The summed E-state index contributed by atoms with van der Waals surface area (Å²) < 4.78 is 14.4. The van der Waals surface area contributed by atoms with E-state index >= 15 is 0 Å². The first-order valence-corrected chi connectivity index (χ1v) is 3.75. The first-order chi connectivity index (χ1) is 6.31. The van der Waals surface area contributed by atoms with Crippen molar-refractivity contribution in [1.29, 1.82) is 0 Å². The summed E-state index contributed by atoms with van der Waals surface area (Å²) in [5, 5.41) is 0. The van der Waals surface area contributed by atoms with E-state index in [2.05, 4.69) is 9.83 Å². The molecule has 4 heteroatoms. The SMILES string of the molecule is [C-]#[N+]Cn1cnc2ccc(F)cc21. The predicted molar refractivity (Wildman–Crippen MR) is 46.3 cm³/mol. The van der Waals surface area contributed by atoms with Crippen LogP contribution in [0.25, 0.3) is 15.9 Å². The molecule has 0 bridgehead atoms. The third-order valence-electron chi connectivity index (χ3n) is 1.81. The van der Waals surface area contributed by atoms with Gasteiger partial charge in [-0.3, -0.25) is 9.41 Å². The minimum Gasteiger partial charge on any atom is -0.293 e. The van der Waals surface area contributed by atoms with Crippen molar-refractivity contribution in [2.45, 2.75) is 6.67 Å². The molecular weight excluding hydrogens is 169 g/mol. The molecule has 13 heavy (non-hydrogen) atoms. The highest BCUT2D eigenvalue weighted by Gasteiger charge is 2.03. The lowest BCUT2D eigenvalue weighted by Crippen LogP contribution is -1.90. The molecule has 0 aliphatic rings. The lowest BCUT2D eigenvalue weighted by Gasteiger charge is -1.93. The van der Waals surface area contributed by atoms with Crippen molar-refractivity contribution in [2.24, 2.45) is 0 Å². The van der Waals surface area contributed by atoms with Crippen LogP contribution in [-0.4, -0.2) is 9.55 Å². The minimum absolute atomic E-state index is 0.181. The molecule has 1 aromatic carbocycles. The van der Waals surface area contributed by atoms with E-state index in [0.29, 0.717) is 11.0 Å². The molecule has 0 amide bonds. The first kappa shape index (κ1) is 7.74. The van der Waals surface area contributed by atoms with E-state index in [4.69, 9.17) is 6.57 Å². The van der Waals surface area contributed by atoms with Crippen molar-refractivity contribution in [3.63, 3.8) is 0 Å². The average molecular weight is 175 g/mol. The Bertz CT molecular complexity index is 481. The molecule has 64 valence electrons. The number of fused-ring (bicyclic) bond motifs is 1. The van der Waals surface area contributed by atoms with Crippen LogP contribution >= 0.6 is 0 Å².